The highest BCUT2D eigenvalue weighted by Crippen LogP contribution is 2.34. The summed E-state index contributed by atoms with van der Waals surface area (Å²) in [6.07, 6.45) is -4.28. The minimum atomic E-state index is -4.47. The highest BCUT2D eigenvalue weighted by atomic mass is 19.4. The lowest BCUT2D eigenvalue weighted by molar-refractivity contribution is -0.137. The van der Waals surface area contributed by atoms with E-state index in [9.17, 15) is 18.0 Å². The fourth-order valence-corrected chi connectivity index (χ4v) is 2.38. The van der Waals surface area contributed by atoms with E-state index >= 15 is 0 Å². The number of benzene rings is 1. The van der Waals surface area contributed by atoms with E-state index in [4.69, 9.17) is 0 Å². The number of carbonyl (C=O) groups is 1. The Bertz CT molecular complexity index is 511. The third-order valence-electron chi connectivity index (χ3n) is 3.76. The number of hydrogen-bond acceptors (Lipinski definition) is 3. The zero-order chi connectivity index (χ0) is 16.2. The summed E-state index contributed by atoms with van der Waals surface area (Å²) in [7, 11) is 2.04. The van der Waals surface area contributed by atoms with Crippen molar-refractivity contribution in [2.24, 2.45) is 0 Å². The van der Waals surface area contributed by atoms with Crippen LogP contribution in [0.4, 0.5) is 18.9 Å². The number of nitrogens with one attached hydrogen (secondary N) is 1. The van der Waals surface area contributed by atoms with Gasteiger partial charge in [0.2, 0.25) is 5.91 Å². The van der Waals surface area contributed by atoms with E-state index in [1.807, 2.05) is 7.05 Å². The van der Waals surface area contributed by atoms with Crippen LogP contribution in [-0.2, 0) is 11.0 Å². The summed E-state index contributed by atoms with van der Waals surface area (Å²) in [6.45, 7) is 4.21. The summed E-state index contributed by atoms with van der Waals surface area (Å²) in [4.78, 5) is 16.2. The quantitative estimate of drug-likeness (QED) is 0.926. The van der Waals surface area contributed by atoms with Crippen molar-refractivity contribution in [1.82, 2.24) is 9.80 Å². The molecule has 0 spiro atoms. The highest BCUT2D eigenvalue weighted by molar-refractivity contribution is 5.91. The first-order valence-corrected chi connectivity index (χ1v) is 7.23. The first-order chi connectivity index (χ1) is 10.4. The third kappa shape index (κ3) is 4.71. The van der Waals surface area contributed by atoms with E-state index < -0.39 is 17.6 Å². The molecule has 1 saturated heterocycles. The topological polar surface area (TPSA) is 35.6 Å². The van der Waals surface area contributed by atoms with Crippen LogP contribution in [0.3, 0.4) is 0 Å². The van der Waals surface area contributed by atoms with E-state index in [-0.39, 0.29) is 12.1 Å². The molecule has 2 rings (SSSR count). The van der Waals surface area contributed by atoms with Crippen molar-refractivity contribution in [2.45, 2.75) is 12.6 Å². The Labute approximate surface area is 127 Å². The van der Waals surface area contributed by atoms with Crippen molar-refractivity contribution >= 4 is 11.6 Å². The molecule has 122 valence electrons. The molecule has 1 aliphatic rings. The highest BCUT2D eigenvalue weighted by Gasteiger charge is 2.33. The van der Waals surface area contributed by atoms with Crippen LogP contribution in [0.25, 0.3) is 0 Å². The predicted octanol–water partition coefficient (Wildman–Crippen LogP) is 2.28. The molecule has 7 heteroatoms. The van der Waals surface area contributed by atoms with Crippen LogP contribution in [0, 0.1) is 0 Å². The van der Waals surface area contributed by atoms with Crippen LogP contribution in [0.15, 0.2) is 24.3 Å². The van der Waals surface area contributed by atoms with Crippen LogP contribution in [0.1, 0.15) is 12.0 Å². The SMILES string of the molecule is CN1CCN(CCC(=O)Nc2ccccc2C(F)(F)F)CC1. The predicted molar refractivity (Wildman–Crippen MR) is 78.6 cm³/mol. The van der Waals surface area contributed by atoms with Gasteiger partial charge in [-0.1, -0.05) is 12.1 Å². The van der Waals surface area contributed by atoms with Gasteiger partial charge in [0.05, 0.1) is 11.3 Å². The lowest BCUT2D eigenvalue weighted by Crippen LogP contribution is -2.45. The number of amides is 1. The van der Waals surface area contributed by atoms with Crippen LogP contribution < -0.4 is 5.32 Å². The van der Waals surface area contributed by atoms with Crippen molar-refractivity contribution in [3.8, 4) is 0 Å². The van der Waals surface area contributed by atoms with E-state index in [0.29, 0.717) is 6.54 Å². The van der Waals surface area contributed by atoms with Crippen LogP contribution in [0.5, 0.6) is 0 Å². The minimum Gasteiger partial charge on any atom is -0.325 e. The van der Waals surface area contributed by atoms with Crippen molar-refractivity contribution in [3.63, 3.8) is 0 Å². The molecule has 1 amide bonds. The maximum atomic E-state index is 12.8. The zero-order valence-electron chi connectivity index (χ0n) is 12.5. The first kappa shape index (κ1) is 16.8. The summed E-state index contributed by atoms with van der Waals surface area (Å²) in [5.74, 6) is -0.393. The fourth-order valence-electron chi connectivity index (χ4n) is 2.38. The number of nitrogens with zero attached hydrogens (tertiary/aromatic N) is 2. The number of para-hydroxylation sites is 1. The standard InChI is InChI=1S/C15H20F3N3O/c1-20-8-10-21(11-9-20)7-6-14(22)19-13-5-3-2-4-12(13)15(16,17)18/h2-5H,6-11H2,1H3,(H,19,22). The molecule has 1 fully saturated rings. The van der Waals surface area contributed by atoms with Crippen LogP contribution in [0.2, 0.25) is 0 Å². The largest absolute Gasteiger partial charge is 0.418 e. The van der Waals surface area contributed by atoms with Gasteiger partial charge < -0.3 is 15.1 Å². The molecule has 1 aromatic rings. The molecule has 0 saturated carbocycles. The van der Waals surface area contributed by atoms with Crippen molar-refractivity contribution < 1.29 is 18.0 Å². The van der Waals surface area contributed by atoms with Gasteiger partial charge in [-0.3, -0.25) is 4.79 Å². The number of piperazine rings is 1. The second-order valence-electron chi connectivity index (χ2n) is 5.49. The molecule has 1 aliphatic heterocycles. The van der Waals surface area contributed by atoms with Gasteiger partial charge in [-0.05, 0) is 19.2 Å². The Hall–Kier alpha value is -1.60. The smallest absolute Gasteiger partial charge is 0.325 e. The Balaban J connectivity index is 1.87. The van der Waals surface area contributed by atoms with Gasteiger partial charge in [-0.15, -0.1) is 0 Å². The second kappa shape index (κ2) is 7.11. The van der Waals surface area contributed by atoms with Crippen molar-refractivity contribution in [3.05, 3.63) is 29.8 Å². The molecule has 1 aromatic carbocycles. The molecule has 1 heterocycles. The van der Waals surface area contributed by atoms with Gasteiger partial charge in [-0.2, -0.15) is 13.2 Å². The van der Waals surface area contributed by atoms with Crippen molar-refractivity contribution in [2.75, 3.05) is 45.1 Å². The summed E-state index contributed by atoms with van der Waals surface area (Å²) in [6, 6.07) is 5.03. The second-order valence-corrected chi connectivity index (χ2v) is 5.49. The minimum absolute atomic E-state index is 0.182. The molecular formula is C15H20F3N3O. The number of halogens is 3. The normalized spacial score (nSPS) is 17.5. The Morgan fingerprint density at radius 3 is 2.45 bits per heavy atom. The Kier molecular flexibility index (Phi) is 5.42. The van der Waals surface area contributed by atoms with E-state index in [1.54, 1.807) is 0 Å². The fraction of sp³-hybridized carbons (Fsp3) is 0.533. The molecule has 0 unspecified atom stereocenters. The number of rotatable bonds is 4. The number of carbonyl (C=O) groups excluding carboxylic acids is 1. The average Bonchev–Trinajstić information content (AvgIpc) is 2.46. The molecule has 1 N–H and O–H groups in total. The van der Waals surface area contributed by atoms with Gasteiger partial charge in [0.15, 0.2) is 0 Å². The third-order valence-corrected chi connectivity index (χ3v) is 3.76. The first-order valence-electron chi connectivity index (χ1n) is 7.23. The van der Waals surface area contributed by atoms with Crippen LogP contribution >= 0.6 is 0 Å². The maximum Gasteiger partial charge on any atom is 0.418 e. The van der Waals surface area contributed by atoms with E-state index in [2.05, 4.69) is 15.1 Å². The lowest BCUT2D eigenvalue weighted by atomic mass is 10.1. The number of anilines is 1. The summed E-state index contributed by atoms with van der Waals surface area (Å²) in [5, 5.41) is 2.37. The summed E-state index contributed by atoms with van der Waals surface area (Å²) < 4.78 is 38.5. The maximum absolute atomic E-state index is 12.8. The van der Waals surface area contributed by atoms with Crippen molar-refractivity contribution in [1.29, 1.82) is 0 Å². The molecular weight excluding hydrogens is 295 g/mol. The summed E-state index contributed by atoms with van der Waals surface area (Å²) in [5.41, 5.74) is -0.999. The Morgan fingerprint density at radius 2 is 1.82 bits per heavy atom. The number of alkyl halides is 3. The van der Waals surface area contributed by atoms with E-state index in [1.165, 1.54) is 18.2 Å². The lowest BCUT2D eigenvalue weighted by Gasteiger charge is -2.32. The molecule has 0 aliphatic carbocycles. The van der Waals surface area contributed by atoms with Gasteiger partial charge >= 0.3 is 6.18 Å². The average molecular weight is 315 g/mol. The van der Waals surface area contributed by atoms with Gasteiger partial charge in [0.1, 0.15) is 0 Å². The molecule has 0 radical (unpaired) electrons. The van der Waals surface area contributed by atoms with E-state index in [0.717, 1.165) is 32.2 Å². The van der Waals surface area contributed by atoms with Gasteiger partial charge in [0, 0.05) is 39.1 Å². The van der Waals surface area contributed by atoms with Gasteiger partial charge in [-0.25, -0.2) is 0 Å². The van der Waals surface area contributed by atoms with Gasteiger partial charge in [0.25, 0.3) is 0 Å². The number of hydrogen-bond donors (Lipinski definition) is 1. The molecule has 0 atom stereocenters. The zero-order valence-corrected chi connectivity index (χ0v) is 12.5. The summed E-state index contributed by atoms with van der Waals surface area (Å²) >= 11 is 0. The molecule has 0 bridgehead atoms. The molecule has 22 heavy (non-hydrogen) atoms. The Morgan fingerprint density at radius 1 is 1.18 bits per heavy atom. The van der Waals surface area contributed by atoms with Crippen LogP contribution in [-0.4, -0.2) is 55.5 Å². The monoisotopic (exact) mass is 315 g/mol. The molecule has 4 nitrogen and oxygen atoms in total. The molecule has 0 aromatic heterocycles. The number of likely N-dealkylation sites (N-methyl/N-ethyl adjacent to an activating group) is 1.